The van der Waals surface area contributed by atoms with Crippen molar-refractivity contribution >= 4 is 47.5 Å². The molecule has 0 bridgehead atoms. The van der Waals surface area contributed by atoms with Crippen molar-refractivity contribution in [3.8, 4) is 0 Å². The van der Waals surface area contributed by atoms with Gasteiger partial charge in [0.15, 0.2) is 5.03 Å². The Bertz CT molecular complexity index is 794. The van der Waals surface area contributed by atoms with E-state index in [1.54, 1.807) is 29.7 Å². The number of aliphatic imine (C=N–C) groups is 1. The summed E-state index contributed by atoms with van der Waals surface area (Å²) in [4.78, 5) is 38.4. The van der Waals surface area contributed by atoms with Gasteiger partial charge in [-0.15, -0.1) is 12.4 Å². The van der Waals surface area contributed by atoms with E-state index in [1.807, 2.05) is 0 Å². The number of nitrogens with one attached hydrogen (secondary N) is 4. The van der Waals surface area contributed by atoms with Crippen molar-refractivity contribution in [3.05, 3.63) is 39.4 Å². The molecule has 0 unspecified atom stereocenters. The van der Waals surface area contributed by atoms with Crippen molar-refractivity contribution < 1.29 is 14.6 Å². The van der Waals surface area contributed by atoms with Crippen LogP contribution in [0.4, 0.5) is 5.69 Å². The number of nitro groups is 1. The predicted octanol–water partition coefficient (Wildman–Crippen LogP) is 1.20. The lowest BCUT2D eigenvalue weighted by Gasteiger charge is -2.13. The van der Waals surface area contributed by atoms with E-state index in [0.29, 0.717) is 49.5 Å². The van der Waals surface area contributed by atoms with E-state index < -0.39 is 11.1 Å². The molecule has 1 aliphatic heterocycles. The molecule has 6 N–H and O–H groups in total. The maximum absolute atomic E-state index is 12.4. The molecule has 1 aliphatic rings. The number of hydrazine groups is 1. The number of carbonyl (C=O) groups is 2. The van der Waals surface area contributed by atoms with Gasteiger partial charge in [-0.2, -0.15) is 0 Å². The number of rotatable bonds is 10. The van der Waals surface area contributed by atoms with Gasteiger partial charge in [-0.3, -0.25) is 9.59 Å². The smallest absolute Gasteiger partial charge is 0.251 e. The average molecular weight is 476 g/mol. The Balaban J connectivity index is 0.00000480. The standard InChI is InChI=1S/C18H26ClN7O4.ClH/c19-13-6-3-4-7-14(13)24-17(28)15-10-12(11-22-15)23-16(27)8-2-1-5-9-21-18(20)25-26(29)30;/h3-4,6-7,12,15,22H,1-2,5,8-11H2,(H,23,27)(H,24,28)(H3,20,21,25);1H/t12-,15-;/m0./s1. The van der Waals surface area contributed by atoms with Crippen LogP contribution in [-0.4, -0.2) is 48.0 Å². The fraction of sp³-hybridized carbons (Fsp3) is 0.500. The lowest BCUT2D eigenvalue weighted by Crippen LogP contribution is -2.36. The van der Waals surface area contributed by atoms with Gasteiger partial charge in [0.05, 0.1) is 16.8 Å². The molecule has 1 aromatic rings. The lowest BCUT2D eigenvalue weighted by atomic mass is 10.1. The summed E-state index contributed by atoms with van der Waals surface area (Å²) in [5.74, 6) is -0.502. The highest BCUT2D eigenvalue weighted by atomic mass is 35.5. The number of anilines is 1. The van der Waals surface area contributed by atoms with E-state index in [1.165, 1.54) is 0 Å². The van der Waals surface area contributed by atoms with Gasteiger partial charge in [0.25, 0.3) is 5.96 Å². The molecule has 1 saturated heterocycles. The van der Waals surface area contributed by atoms with Crippen LogP contribution in [-0.2, 0) is 9.59 Å². The van der Waals surface area contributed by atoms with Gasteiger partial charge in [-0.25, -0.2) is 15.1 Å². The van der Waals surface area contributed by atoms with Gasteiger partial charge < -0.3 is 21.7 Å². The van der Waals surface area contributed by atoms with E-state index >= 15 is 0 Å². The van der Waals surface area contributed by atoms with Crippen LogP contribution in [0.5, 0.6) is 0 Å². The molecule has 0 aromatic heterocycles. The highest BCUT2D eigenvalue weighted by Crippen LogP contribution is 2.21. The highest BCUT2D eigenvalue weighted by molar-refractivity contribution is 6.33. The molecular weight excluding hydrogens is 449 g/mol. The number of unbranched alkanes of at least 4 members (excludes halogenated alkanes) is 2. The summed E-state index contributed by atoms with van der Waals surface area (Å²) < 4.78 is 0. The number of nitrogens with two attached hydrogens (primary N) is 1. The number of halogens is 2. The van der Waals surface area contributed by atoms with Gasteiger partial charge in [0.2, 0.25) is 11.8 Å². The van der Waals surface area contributed by atoms with Crippen LogP contribution < -0.4 is 27.1 Å². The third kappa shape index (κ3) is 9.81. The normalized spacial score (nSPS) is 18.0. The number of hydrogen-bond donors (Lipinski definition) is 5. The molecule has 0 spiro atoms. The zero-order chi connectivity index (χ0) is 21.9. The van der Waals surface area contributed by atoms with Gasteiger partial charge in [-0.1, -0.05) is 35.6 Å². The Labute approximate surface area is 191 Å². The van der Waals surface area contributed by atoms with E-state index in [0.717, 1.165) is 6.42 Å². The number of hydrogen-bond acceptors (Lipinski definition) is 6. The largest absolute Gasteiger partial charge is 0.365 e. The van der Waals surface area contributed by atoms with Crippen molar-refractivity contribution in [2.45, 2.75) is 44.2 Å². The Morgan fingerprint density at radius 2 is 2.03 bits per heavy atom. The first kappa shape index (κ1) is 26.4. The van der Waals surface area contributed by atoms with Crippen LogP contribution in [0.3, 0.4) is 0 Å². The number of nitrogens with zero attached hydrogens (tertiary/aromatic N) is 2. The zero-order valence-electron chi connectivity index (χ0n) is 16.8. The van der Waals surface area contributed by atoms with E-state index in [4.69, 9.17) is 17.3 Å². The topological polar surface area (TPSA) is 164 Å². The number of para-hydroxylation sites is 1. The minimum absolute atomic E-state index is 0. The number of guanidine groups is 1. The molecular formula is C18H27Cl2N7O4. The van der Waals surface area contributed by atoms with Crippen molar-refractivity contribution in [2.75, 3.05) is 18.4 Å². The lowest BCUT2D eigenvalue weighted by molar-refractivity contribution is -0.525. The number of carbonyl (C=O) groups excluding carboxylic acids is 2. The first-order valence-corrected chi connectivity index (χ1v) is 10.0. The third-order valence-corrected chi connectivity index (χ3v) is 4.82. The quantitative estimate of drug-likeness (QED) is 0.111. The number of benzene rings is 1. The Morgan fingerprint density at radius 3 is 2.74 bits per heavy atom. The second kappa shape index (κ2) is 13.6. The summed E-state index contributed by atoms with van der Waals surface area (Å²) in [5, 5.41) is 18.7. The molecule has 1 aromatic carbocycles. The molecule has 11 nitrogen and oxygen atoms in total. The Morgan fingerprint density at radius 1 is 1.29 bits per heavy atom. The first-order chi connectivity index (χ1) is 14.3. The predicted molar refractivity (Wildman–Crippen MR) is 121 cm³/mol. The molecule has 1 fully saturated rings. The van der Waals surface area contributed by atoms with E-state index in [2.05, 4.69) is 20.9 Å². The van der Waals surface area contributed by atoms with Crippen LogP contribution in [0, 0.1) is 10.1 Å². The minimum atomic E-state index is -0.772. The Kier molecular flexibility index (Phi) is 11.6. The third-order valence-electron chi connectivity index (χ3n) is 4.49. The molecule has 2 rings (SSSR count). The van der Waals surface area contributed by atoms with Gasteiger partial charge in [0, 0.05) is 25.6 Å². The molecule has 2 amide bonds. The van der Waals surface area contributed by atoms with Crippen molar-refractivity contribution in [2.24, 2.45) is 10.7 Å². The van der Waals surface area contributed by atoms with Gasteiger partial charge in [-0.05, 0) is 31.4 Å². The van der Waals surface area contributed by atoms with Crippen LogP contribution in [0.25, 0.3) is 0 Å². The van der Waals surface area contributed by atoms with Crippen LogP contribution in [0.2, 0.25) is 5.02 Å². The van der Waals surface area contributed by atoms with Crippen LogP contribution in [0.1, 0.15) is 32.1 Å². The molecule has 0 saturated carbocycles. The summed E-state index contributed by atoms with van der Waals surface area (Å²) in [7, 11) is 0. The highest BCUT2D eigenvalue weighted by Gasteiger charge is 2.30. The van der Waals surface area contributed by atoms with Crippen LogP contribution in [0.15, 0.2) is 29.3 Å². The maximum Gasteiger partial charge on any atom is 0.251 e. The van der Waals surface area contributed by atoms with E-state index in [-0.39, 0.29) is 36.2 Å². The molecule has 172 valence electrons. The van der Waals surface area contributed by atoms with Gasteiger partial charge >= 0.3 is 0 Å². The zero-order valence-corrected chi connectivity index (χ0v) is 18.4. The van der Waals surface area contributed by atoms with E-state index in [9.17, 15) is 19.7 Å². The second-order valence-corrected chi connectivity index (χ2v) is 7.28. The van der Waals surface area contributed by atoms with Gasteiger partial charge in [0.1, 0.15) is 0 Å². The van der Waals surface area contributed by atoms with Crippen molar-refractivity contribution in [1.29, 1.82) is 0 Å². The minimum Gasteiger partial charge on any atom is -0.365 e. The van der Waals surface area contributed by atoms with Crippen LogP contribution >= 0.6 is 24.0 Å². The molecule has 1 heterocycles. The average Bonchev–Trinajstić information content (AvgIpc) is 3.14. The first-order valence-electron chi connectivity index (χ1n) is 9.64. The fourth-order valence-electron chi connectivity index (χ4n) is 3.03. The Hall–Kier alpha value is -2.63. The number of amides is 2. The molecule has 0 aliphatic carbocycles. The fourth-order valence-corrected chi connectivity index (χ4v) is 3.21. The monoisotopic (exact) mass is 475 g/mol. The summed E-state index contributed by atoms with van der Waals surface area (Å²) in [6.45, 7) is 0.868. The van der Waals surface area contributed by atoms with Crippen molar-refractivity contribution in [3.63, 3.8) is 0 Å². The molecule has 13 heteroatoms. The molecule has 2 atom stereocenters. The summed E-state index contributed by atoms with van der Waals surface area (Å²) in [6, 6.07) is 6.49. The maximum atomic E-state index is 12.4. The molecule has 31 heavy (non-hydrogen) atoms. The summed E-state index contributed by atoms with van der Waals surface area (Å²) >= 11 is 6.05. The van der Waals surface area contributed by atoms with Crippen molar-refractivity contribution in [1.82, 2.24) is 16.1 Å². The summed E-state index contributed by atoms with van der Waals surface area (Å²) in [6.07, 6.45) is 2.94. The SMILES string of the molecule is Cl.NC(=NCCCCCC(=O)N[C@@H]1CN[C@H](C(=O)Nc2ccccc2Cl)C1)N[N+](=O)[O-]. The second-order valence-electron chi connectivity index (χ2n) is 6.88. The summed E-state index contributed by atoms with van der Waals surface area (Å²) in [5.41, 5.74) is 7.62. The molecule has 0 radical (unpaired) electrons.